The first kappa shape index (κ1) is 12.2. The van der Waals surface area contributed by atoms with Gasteiger partial charge in [0.15, 0.2) is 0 Å². The summed E-state index contributed by atoms with van der Waals surface area (Å²) in [4.78, 5) is 0. The Labute approximate surface area is 101 Å². The van der Waals surface area contributed by atoms with Crippen molar-refractivity contribution in [1.29, 1.82) is 0 Å². The third-order valence-corrected chi connectivity index (χ3v) is 4.19. The van der Waals surface area contributed by atoms with Crippen LogP contribution in [0.3, 0.4) is 0 Å². The molecule has 0 radical (unpaired) electrons. The van der Waals surface area contributed by atoms with E-state index >= 15 is 0 Å². The van der Waals surface area contributed by atoms with E-state index in [4.69, 9.17) is 10.5 Å². The lowest BCUT2D eigenvalue weighted by Crippen LogP contribution is -2.34. The predicted octanol–water partition coefficient (Wildman–Crippen LogP) is -0.323. The second kappa shape index (κ2) is 4.52. The first-order valence-corrected chi connectivity index (χ1v) is 6.65. The van der Waals surface area contributed by atoms with Crippen LogP contribution in [0.1, 0.15) is 0 Å². The van der Waals surface area contributed by atoms with Crippen LogP contribution in [0.2, 0.25) is 0 Å². The lowest BCUT2D eigenvalue weighted by Gasteiger charge is -2.18. The van der Waals surface area contributed by atoms with Crippen LogP contribution < -0.4 is 19.5 Å². The molecule has 0 amide bonds. The highest BCUT2D eigenvalue weighted by Gasteiger charge is 2.35. The zero-order valence-electron chi connectivity index (χ0n) is 9.46. The minimum absolute atomic E-state index is 0.259. The number of benzene rings is 1. The number of ether oxygens (including phenoxy) is 1. The predicted molar refractivity (Wildman–Crippen MR) is 65.2 cm³/mol. The summed E-state index contributed by atoms with van der Waals surface area (Å²) in [6.45, 7) is 0.587. The van der Waals surface area contributed by atoms with Gasteiger partial charge in [0.25, 0.3) is 0 Å². The molecule has 0 bridgehead atoms. The van der Waals surface area contributed by atoms with Gasteiger partial charge in [0, 0.05) is 6.54 Å². The van der Waals surface area contributed by atoms with Gasteiger partial charge in [-0.25, -0.2) is 0 Å². The van der Waals surface area contributed by atoms with Crippen molar-refractivity contribution < 1.29 is 13.2 Å². The normalized spacial score (nSPS) is 22.7. The molecule has 1 aliphatic rings. The summed E-state index contributed by atoms with van der Waals surface area (Å²) in [5, 5.41) is 0. The number of nitrogens with one attached hydrogen (secondary N) is 1. The summed E-state index contributed by atoms with van der Waals surface area (Å²) in [7, 11) is -2.00. The fourth-order valence-electron chi connectivity index (χ4n) is 1.80. The SMILES string of the molecule is COc1ccccc1N1CC(CN)NS1(=O)=O. The van der Waals surface area contributed by atoms with Crippen LogP contribution in [0.25, 0.3) is 0 Å². The topological polar surface area (TPSA) is 84.7 Å². The number of hydrogen-bond acceptors (Lipinski definition) is 4. The monoisotopic (exact) mass is 257 g/mol. The minimum atomic E-state index is -3.51. The molecule has 0 spiro atoms. The third-order valence-electron chi connectivity index (χ3n) is 2.63. The Morgan fingerprint density at radius 2 is 2.24 bits per heavy atom. The molecule has 1 fully saturated rings. The Balaban J connectivity index is 2.40. The number of methoxy groups -OCH3 is 1. The second-order valence-electron chi connectivity index (χ2n) is 3.76. The Bertz CT molecular complexity index is 503. The lowest BCUT2D eigenvalue weighted by molar-refractivity contribution is 0.415. The van der Waals surface area contributed by atoms with Gasteiger partial charge in [-0.3, -0.25) is 4.31 Å². The van der Waals surface area contributed by atoms with Gasteiger partial charge in [-0.05, 0) is 12.1 Å². The van der Waals surface area contributed by atoms with Gasteiger partial charge in [0.2, 0.25) is 0 Å². The van der Waals surface area contributed by atoms with Gasteiger partial charge >= 0.3 is 10.2 Å². The van der Waals surface area contributed by atoms with E-state index in [1.165, 1.54) is 11.4 Å². The molecule has 1 aromatic carbocycles. The van der Waals surface area contributed by atoms with Crippen molar-refractivity contribution in [2.24, 2.45) is 5.73 Å². The molecule has 1 saturated heterocycles. The van der Waals surface area contributed by atoms with Crippen molar-refractivity contribution >= 4 is 15.9 Å². The van der Waals surface area contributed by atoms with E-state index in [9.17, 15) is 8.42 Å². The highest BCUT2D eigenvalue weighted by Crippen LogP contribution is 2.31. The average Bonchev–Trinajstić information content (AvgIpc) is 2.64. The molecule has 17 heavy (non-hydrogen) atoms. The van der Waals surface area contributed by atoms with Crippen molar-refractivity contribution in [1.82, 2.24) is 4.72 Å². The summed E-state index contributed by atoms with van der Waals surface area (Å²) >= 11 is 0. The summed E-state index contributed by atoms with van der Waals surface area (Å²) < 4.78 is 32.7. The number of para-hydroxylation sites is 2. The highest BCUT2D eigenvalue weighted by molar-refractivity contribution is 7.91. The van der Waals surface area contributed by atoms with Crippen LogP contribution in [0.5, 0.6) is 5.75 Å². The maximum absolute atomic E-state index is 11.9. The summed E-state index contributed by atoms with van der Waals surface area (Å²) in [6.07, 6.45) is 0. The van der Waals surface area contributed by atoms with E-state index in [2.05, 4.69) is 4.72 Å². The first-order chi connectivity index (χ1) is 8.08. The van der Waals surface area contributed by atoms with Crippen molar-refractivity contribution in [3.05, 3.63) is 24.3 Å². The van der Waals surface area contributed by atoms with E-state index in [-0.39, 0.29) is 12.6 Å². The van der Waals surface area contributed by atoms with Gasteiger partial charge in [0.1, 0.15) is 5.75 Å². The number of rotatable bonds is 3. The summed E-state index contributed by atoms with van der Waals surface area (Å²) in [6, 6.07) is 6.73. The molecule has 3 N–H and O–H groups in total. The molecule has 0 saturated carbocycles. The van der Waals surface area contributed by atoms with E-state index in [0.29, 0.717) is 18.0 Å². The van der Waals surface area contributed by atoms with Crippen LogP contribution in [0, 0.1) is 0 Å². The van der Waals surface area contributed by atoms with Crippen LogP contribution in [0.15, 0.2) is 24.3 Å². The highest BCUT2D eigenvalue weighted by atomic mass is 32.2. The third kappa shape index (κ3) is 2.21. The zero-order chi connectivity index (χ0) is 12.5. The lowest BCUT2D eigenvalue weighted by atomic mass is 10.2. The molecule has 94 valence electrons. The second-order valence-corrected chi connectivity index (χ2v) is 5.39. The molecule has 1 unspecified atom stereocenters. The van der Waals surface area contributed by atoms with Crippen LogP contribution >= 0.6 is 0 Å². The molecule has 7 heteroatoms. The van der Waals surface area contributed by atoms with Crippen LogP contribution in [-0.2, 0) is 10.2 Å². The molecule has 1 aliphatic heterocycles. The Kier molecular flexibility index (Phi) is 3.23. The quantitative estimate of drug-likeness (QED) is 0.777. The zero-order valence-corrected chi connectivity index (χ0v) is 10.3. The van der Waals surface area contributed by atoms with Crippen molar-refractivity contribution in [3.63, 3.8) is 0 Å². The Morgan fingerprint density at radius 1 is 1.53 bits per heavy atom. The molecule has 0 aliphatic carbocycles. The Morgan fingerprint density at radius 3 is 2.82 bits per heavy atom. The summed E-state index contributed by atoms with van der Waals surface area (Å²) in [5.41, 5.74) is 6.01. The molecule has 1 aromatic rings. The van der Waals surface area contributed by atoms with E-state index < -0.39 is 10.2 Å². The van der Waals surface area contributed by atoms with Gasteiger partial charge in [-0.15, -0.1) is 0 Å². The van der Waals surface area contributed by atoms with E-state index in [1.807, 2.05) is 0 Å². The van der Waals surface area contributed by atoms with Crippen molar-refractivity contribution in [3.8, 4) is 5.75 Å². The Hall–Kier alpha value is -1.31. The maximum atomic E-state index is 11.9. The minimum Gasteiger partial charge on any atom is -0.495 e. The molecule has 6 nitrogen and oxygen atoms in total. The van der Waals surface area contributed by atoms with E-state index in [1.54, 1.807) is 24.3 Å². The number of nitrogens with two attached hydrogens (primary N) is 1. The van der Waals surface area contributed by atoms with Crippen LogP contribution in [0.4, 0.5) is 5.69 Å². The maximum Gasteiger partial charge on any atom is 0.302 e. The molecule has 1 heterocycles. The molecule has 0 aromatic heterocycles. The van der Waals surface area contributed by atoms with Gasteiger partial charge in [-0.2, -0.15) is 13.1 Å². The number of hydrogen-bond donors (Lipinski definition) is 2. The van der Waals surface area contributed by atoms with Crippen molar-refractivity contribution in [2.75, 3.05) is 24.5 Å². The summed E-state index contributed by atoms with van der Waals surface area (Å²) in [5.74, 6) is 0.524. The van der Waals surface area contributed by atoms with Gasteiger partial charge < -0.3 is 10.5 Å². The first-order valence-electron chi connectivity index (χ1n) is 5.21. The van der Waals surface area contributed by atoms with Crippen LogP contribution in [-0.4, -0.2) is 34.7 Å². The number of anilines is 1. The number of nitrogens with zero attached hydrogens (tertiary/aromatic N) is 1. The molecule has 2 rings (SSSR count). The largest absolute Gasteiger partial charge is 0.495 e. The molecular weight excluding hydrogens is 242 g/mol. The standard InChI is InChI=1S/C10H15N3O3S/c1-16-10-5-3-2-4-9(10)13-7-8(6-11)12-17(13,14)15/h2-5,8,12H,6-7,11H2,1H3. The average molecular weight is 257 g/mol. The fourth-order valence-corrected chi connectivity index (χ4v) is 3.30. The van der Waals surface area contributed by atoms with Gasteiger partial charge in [0.05, 0.1) is 25.4 Å². The molecule has 1 atom stereocenters. The van der Waals surface area contributed by atoms with Gasteiger partial charge in [-0.1, -0.05) is 12.1 Å². The van der Waals surface area contributed by atoms with E-state index in [0.717, 1.165) is 0 Å². The molecular formula is C10H15N3O3S. The van der Waals surface area contributed by atoms with Crippen molar-refractivity contribution in [2.45, 2.75) is 6.04 Å². The smallest absolute Gasteiger partial charge is 0.302 e. The fraction of sp³-hybridized carbons (Fsp3) is 0.400.